The molecular weight excluding hydrogens is 290 g/mol. The number of rotatable bonds is 4. The average molecular weight is 305 g/mol. The zero-order valence-electron chi connectivity index (χ0n) is 11.1. The fourth-order valence-electron chi connectivity index (χ4n) is 1.71. The zero-order chi connectivity index (χ0) is 15.5. The molecule has 110 valence electrons. The molecule has 2 rings (SSSR count). The predicted molar refractivity (Wildman–Crippen MR) is 80.4 cm³/mol. The molecule has 1 amide bonds. The minimum atomic E-state index is -3.60. The van der Waals surface area contributed by atoms with E-state index in [4.69, 9.17) is 11.5 Å². The van der Waals surface area contributed by atoms with Crippen molar-refractivity contribution in [1.29, 1.82) is 0 Å². The van der Waals surface area contributed by atoms with Gasteiger partial charge in [-0.15, -0.1) is 0 Å². The van der Waals surface area contributed by atoms with Crippen LogP contribution >= 0.6 is 0 Å². The number of nitrogen functional groups attached to an aromatic ring is 1. The highest BCUT2D eigenvalue weighted by Gasteiger charge is 2.17. The molecule has 0 saturated carbocycles. The van der Waals surface area contributed by atoms with Gasteiger partial charge in [0.25, 0.3) is 0 Å². The van der Waals surface area contributed by atoms with E-state index in [2.05, 4.69) is 5.32 Å². The second-order valence-corrected chi connectivity index (χ2v) is 6.30. The van der Waals surface area contributed by atoms with Crippen molar-refractivity contribution in [2.24, 2.45) is 5.73 Å². The molecule has 0 aliphatic rings. The summed E-state index contributed by atoms with van der Waals surface area (Å²) in [6.45, 7) is -0.133. The number of carbonyl (C=O) groups excluding carboxylic acids is 1. The number of nitrogens with one attached hydrogen (secondary N) is 1. The summed E-state index contributed by atoms with van der Waals surface area (Å²) < 4.78 is 24.8. The molecule has 0 aromatic heterocycles. The topological polar surface area (TPSA) is 115 Å². The Balaban J connectivity index is 2.29. The van der Waals surface area contributed by atoms with Gasteiger partial charge in [-0.25, -0.2) is 8.42 Å². The Morgan fingerprint density at radius 3 is 1.90 bits per heavy atom. The van der Waals surface area contributed by atoms with Gasteiger partial charge in [0.1, 0.15) is 0 Å². The van der Waals surface area contributed by atoms with Gasteiger partial charge >= 0.3 is 0 Å². The highest BCUT2D eigenvalue weighted by molar-refractivity contribution is 7.91. The van der Waals surface area contributed by atoms with Crippen molar-refractivity contribution in [2.75, 3.05) is 17.6 Å². The maximum Gasteiger partial charge on any atom is 0.238 e. The van der Waals surface area contributed by atoms with Crippen molar-refractivity contribution >= 4 is 27.1 Å². The molecule has 0 heterocycles. The van der Waals surface area contributed by atoms with Crippen LogP contribution in [0.1, 0.15) is 0 Å². The Morgan fingerprint density at radius 1 is 0.952 bits per heavy atom. The lowest BCUT2D eigenvalue weighted by atomic mass is 10.3. The van der Waals surface area contributed by atoms with Gasteiger partial charge in [-0.2, -0.15) is 0 Å². The van der Waals surface area contributed by atoms with Crippen molar-refractivity contribution in [3.05, 3.63) is 48.5 Å². The first-order valence-corrected chi connectivity index (χ1v) is 7.62. The van der Waals surface area contributed by atoms with E-state index in [0.29, 0.717) is 11.4 Å². The molecule has 0 saturated heterocycles. The average Bonchev–Trinajstić information content (AvgIpc) is 2.48. The highest BCUT2D eigenvalue weighted by atomic mass is 32.2. The van der Waals surface area contributed by atoms with Gasteiger partial charge in [0.2, 0.25) is 15.7 Å². The van der Waals surface area contributed by atoms with Crippen LogP contribution in [0.3, 0.4) is 0 Å². The Hall–Kier alpha value is -2.38. The molecule has 21 heavy (non-hydrogen) atoms. The molecular formula is C14H15N3O3S. The molecule has 5 N–H and O–H groups in total. The number of anilines is 2. The molecule has 0 spiro atoms. The Bertz CT molecular complexity index is 738. The summed E-state index contributed by atoms with van der Waals surface area (Å²) in [5.74, 6) is -0.343. The maximum absolute atomic E-state index is 12.4. The van der Waals surface area contributed by atoms with Crippen LogP contribution in [0.5, 0.6) is 0 Å². The third-order valence-corrected chi connectivity index (χ3v) is 4.61. The SMILES string of the molecule is NCC(=O)Nc1ccc(S(=O)(=O)c2ccc(N)cc2)cc1. The van der Waals surface area contributed by atoms with Gasteiger partial charge in [0.05, 0.1) is 16.3 Å². The van der Waals surface area contributed by atoms with E-state index in [1.165, 1.54) is 48.5 Å². The van der Waals surface area contributed by atoms with Gasteiger partial charge in [-0.1, -0.05) is 0 Å². The highest BCUT2D eigenvalue weighted by Crippen LogP contribution is 2.23. The van der Waals surface area contributed by atoms with Crippen LogP contribution in [-0.4, -0.2) is 20.9 Å². The van der Waals surface area contributed by atoms with E-state index in [-0.39, 0.29) is 22.2 Å². The quantitative estimate of drug-likeness (QED) is 0.729. The molecule has 0 bridgehead atoms. The van der Waals surface area contributed by atoms with Crippen LogP contribution < -0.4 is 16.8 Å². The van der Waals surface area contributed by atoms with Crippen LogP contribution in [-0.2, 0) is 14.6 Å². The lowest BCUT2D eigenvalue weighted by molar-refractivity contribution is -0.114. The Morgan fingerprint density at radius 2 is 1.43 bits per heavy atom. The van der Waals surface area contributed by atoms with Gasteiger partial charge in [0.15, 0.2) is 0 Å². The summed E-state index contributed by atoms with van der Waals surface area (Å²) in [4.78, 5) is 11.4. The van der Waals surface area contributed by atoms with Crippen molar-refractivity contribution in [3.8, 4) is 0 Å². The van der Waals surface area contributed by atoms with Gasteiger partial charge in [-0.3, -0.25) is 4.79 Å². The number of sulfone groups is 1. The third-order valence-electron chi connectivity index (χ3n) is 2.82. The number of benzene rings is 2. The van der Waals surface area contributed by atoms with Gasteiger partial charge in [-0.05, 0) is 48.5 Å². The Kier molecular flexibility index (Phi) is 4.25. The molecule has 6 nitrogen and oxygen atoms in total. The van der Waals surface area contributed by atoms with Crippen LogP contribution in [0.2, 0.25) is 0 Å². The summed E-state index contributed by atoms with van der Waals surface area (Å²) in [5, 5.41) is 2.54. The lowest BCUT2D eigenvalue weighted by Gasteiger charge is -2.07. The van der Waals surface area contributed by atoms with E-state index >= 15 is 0 Å². The van der Waals surface area contributed by atoms with Crippen molar-refractivity contribution in [1.82, 2.24) is 0 Å². The van der Waals surface area contributed by atoms with E-state index < -0.39 is 9.84 Å². The van der Waals surface area contributed by atoms with Crippen LogP contribution in [0.25, 0.3) is 0 Å². The molecule has 0 unspecified atom stereocenters. The van der Waals surface area contributed by atoms with Crippen molar-refractivity contribution in [2.45, 2.75) is 9.79 Å². The summed E-state index contributed by atoms with van der Waals surface area (Å²) in [5.41, 5.74) is 11.7. The largest absolute Gasteiger partial charge is 0.399 e. The molecule has 0 radical (unpaired) electrons. The van der Waals surface area contributed by atoms with Crippen molar-refractivity contribution in [3.63, 3.8) is 0 Å². The minimum Gasteiger partial charge on any atom is -0.399 e. The second-order valence-electron chi connectivity index (χ2n) is 4.35. The molecule has 2 aromatic rings. The standard InChI is InChI=1S/C14H15N3O3S/c15-9-14(18)17-11-3-7-13(8-4-11)21(19,20)12-5-1-10(16)2-6-12/h1-8H,9,15-16H2,(H,17,18). The number of carbonyl (C=O) groups is 1. The van der Waals surface area contributed by atoms with E-state index in [1.54, 1.807) is 0 Å². The normalized spacial score (nSPS) is 11.1. The van der Waals surface area contributed by atoms with E-state index in [1.807, 2.05) is 0 Å². The number of amides is 1. The number of hydrogen-bond donors (Lipinski definition) is 3. The first-order chi connectivity index (χ1) is 9.93. The number of hydrogen-bond acceptors (Lipinski definition) is 5. The summed E-state index contributed by atoms with van der Waals surface area (Å²) in [7, 11) is -3.60. The third kappa shape index (κ3) is 3.39. The van der Waals surface area contributed by atoms with Gasteiger partial charge in [0, 0.05) is 11.4 Å². The first-order valence-electron chi connectivity index (χ1n) is 6.14. The first kappa shape index (κ1) is 15.0. The van der Waals surface area contributed by atoms with Crippen LogP contribution in [0.15, 0.2) is 58.3 Å². The fourth-order valence-corrected chi connectivity index (χ4v) is 2.97. The summed E-state index contributed by atoms with van der Waals surface area (Å²) in [6, 6.07) is 11.8. The molecule has 7 heteroatoms. The van der Waals surface area contributed by atoms with Crippen molar-refractivity contribution < 1.29 is 13.2 Å². The number of nitrogens with two attached hydrogens (primary N) is 2. The minimum absolute atomic E-state index is 0.133. The zero-order valence-corrected chi connectivity index (χ0v) is 11.9. The smallest absolute Gasteiger partial charge is 0.238 e. The second kappa shape index (κ2) is 5.94. The monoisotopic (exact) mass is 305 g/mol. The van der Waals surface area contributed by atoms with Gasteiger partial charge < -0.3 is 16.8 Å². The van der Waals surface area contributed by atoms with E-state index in [9.17, 15) is 13.2 Å². The lowest BCUT2D eigenvalue weighted by Crippen LogP contribution is -2.21. The molecule has 0 aliphatic carbocycles. The molecule has 0 aliphatic heterocycles. The molecule has 2 aromatic carbocycles. The Labute approximate surface area is 122 Å². The van der Waals surface area contributed by atoms with Crippen LogP contribution in [0.4, 0.5) is 11.4 Å². The summed E-state index contributed by atoms with van der Waals surface area (Å²) >= 11 is 0. The summed E-state index contributed by atoms with van der Waals surface area (Å²) in [6.07, 6.45) is 0. The molecule has 0 fully saturated rings. The van der Waals surface area contributed by atoms with E-state index in [0.717, 1.165) is 0 Å². The predicted octanol–water partition coefficient (Wildman–Crippen LogP) is 0.999. The van der Waals surface area contributed by atoms with Crippen LogP contribution in [0, 0.1) is 0 Å². The maximum atomic E-state index is 12.4. The molecule has 0 atom stereocenters. The fraction of sp³-hybridized carbons (Fsp3) is 0.0714.